The number of nitrogens with one attached hydrogen (secondary N) is 1. The van der Waals surface area contributed by atoms with E-state index >= 15 is 0 Å². The Bertz CT molecular complexity index is 235. The van der Waals surface area contributed by atoms with Gasteiger partial charge >= 0.3 is 6.09 Å². The molecule has 1 amide bonds. The van der Waals surface area contributed by atoms with E-state index in [9.17, 15) is 4.79 Å². The Morgan fingerprint density at radius 2 is 2.13 bits per heavy atom. The van der Waals surface area contributed by atoms with Crippen LogP contribution < -0.4 is 4.90 Å². The van der Waals surface area contributed by atoms with Crippen LogP contribution >= 0.6 is 0 Å². The molecule has 0 aromatic heterocycles. The molecule has 0 aromatic rings. The Balaban J connectivity index is 2.46. The van der Waals surface area contributed by atoms with Crippen LogP contribution in [-0.4, -0.2) is 42.8 Å². The van der Waals surface area contributed by atoms with Crippen LogP contribution in [-0.2, 0) is 4.74 Å². The Kier molecular flexibility index (Phi) is 3.60. The summed E-state index contributed by atoms with van der Waals surface area (Å²) in [4.78, 5) is 14.7. The Labute approximate surface area is 92.2 Å². The highest BCUT2D eigenvalue weighted by molar-refractivity contribution is 5.68. The molecule has 1 unspecified atom stereocenters. The van der Waals surface area contributed by atoms with Gasteiger partial charge in [-0.05, 0) is 20.8 Å². The average molecular weight is 214 g/mol. The molecule has 0 saturated carbocycles. The molecule has 88 valence electrons. The van der Waals surface area contributed by atoms with E-state index in [1.54, 1.807) is 11.9 Å². The van der Waals surface area contributed by atoms with Gasteiger partial charge in [0.15, 0.2) is 0 Å². The minimum absolute atomic E-state index is 0.234. The molecule has 1 fully saturated rings. The number of hydrogen-bond donors (Lipinski definition) is 1. The first-order valence-corrected chi connectivity index (χ1v) is 5.42. The topological polar surface area (TPSA) is 34.0 Å². The minimum Gasteiger partial charge on any atom is -0.466 e. The van der Waals surface area contributed by atoms with Crippen LogP contribution in [0.25, 0.3) is 0 Å². The second kappa shape index (κ2) is 4.39. The van der Waals surface area contributed by atoms with Crippen molar-refractivity contribution in [3.8, 4) is 0 Å². The molecule has 4 heteroatoms. The van der Waals surface area contributed by atoms with Gasteiger partial charge in [-0.15, -0.1) is 0 Å². The number of likely N-dealkylation sites (tertiary alicyclic amines) is 1. The summed E-state index contributed by atoms with van der Waals surface area (Å²) in [5.74, 6) is 0. The molecule has 0 aromatic carbocycles. The van der Waals surface area contributed by atoms with Gasteiger partial charge in [0.05, 0.1) is 19.1 Å². The number of amides is 1. The van der Waals surface area contributed by atoms with Crippen molar-refractivity contribution >= 4 is 6.09 Å². The van der Waals surface area contributed by atoms with Crippen molar-refractivity contribution in [2.24, 2.45) is 0 Å². The lowest BCUT2D eigenvalue weighted by Crippen LogP contribution is -3.05. The van der Waals surface area contributed by atoms with Gasteiger partial charge in [-0.3, -0.25) is 0 Å². The predicted molar refractivity (Wildman–Crippen MR) is 58.5 cm³/mol. The van der Waals surface area contributed by atoms with Crippen molar-refractivity contribution in [3.05, 3.63) is 7.05 Å². The van der Waals surface area contributed by atoms with Crippen LogP contribution in [0, 0.1) is 7.05 Å². The zero-order valence-electron chi connectivity index (χ0n) is 10.2. The summed E-state index contributed by atoms with van der Waals surface area (Å²) in [6, 6.07) is 0.271. The summed E-state index contributed by atoms with van der Waals surface area (Å²) in [5.41, 5.74) is -0.416. The number of rotatable bonds is 1. The molecular weight excluding hydrogens is 192 g/mol. The molecule has 0 bridgehead atoms. The summed E-state index contributed by atoms with van der Waals surface area (Å²) in [5, 5.41) is 0. The standard InChI is InChI=1S/C11H22N2O2/c1-11(2,3)15-10(14)13(5)9-6-7-12(4)8-9/h9,12H,4,6-8H2,1-3,5H3/t9-/m1/s1. The molecule has 1 aliphatic heterocycles. The van der Waals surface area contributed by atoms with E-state index in [4.69, 9.17) is 4.74 Å². The Morgan fingerprint density at radius 3 is 2.53 bits per heavy atom. The zero-order valence-corrected chi connectivity index (χ0v) is 10.2. The van der Waals surface area contributed by atoms with Crippen molar-refractivity contribution in [3.63, 3.8) is 0 Å². The smallest absolute Gasteiger partial charge is 0.410 e. The second-order valence-electron chi connectivity index (χ2n) is 5.24. The Morgan fingerprint density at radius 1 is 1.53 bits per heavy atom. The first-order valence-electron chi connectivity index (χ1n) is 5.42. The number of nitrogens with zero attached hydrogens (tertiary/aromatic N) is 1. The van der Waals surface area contributed by atoms with Crippen LogP contribution in [0.1, 0.15) is 27.2 Å². The maximum absolute atomic E-state index is 11.7. The van der Waals surface area contributed by atoms with Gasteiger partial charge in [-0.1, -0.05) is 0 Å². The van der Waals surface area contributed by atoms with Crippen molar-refractivity contribution in [1.82, 2.24) is 4.90 Å². The fourth-order valence-electron chi connectivity index (χ4n) is 1.72. The monoisotopic (exact) mass is 214 g/mol. The van der Waals surface area contributed by atoms with Gasteiger partial charge in [-0.2, -0.15) is 7.05 Å². The maximum atomic E-state index is 11.7. The van der Waals surface area contributed by atoms with E-state index in [1.807, 2.05) is 20.8 Å². The number of carbonyl (C=O) groups excluding carboxylic acids is 1. The molecule has 0 aliphatic carbocycles. The van der Waals surface area contributed by atoms with Crippen LogP contribution in [0.3, 0.4) is 0 Å². The summed E-state index contributed by atoms with van der Waals surface area (Å²) in [7, 11) is 5.74. The first kappa shape index (κ1) is 12.3. The quantitative estimate of drug-likeness (QED) is 0.637. The molecule has 1 saturated heterocycles. The Hall–Kier alpha value is -0.770. The van der Waals surface area contributed by atoms with Gasteiger partial charge in [0.2, 0.25) is 0 Å². The highest BCUT2D eigenvalue weighted by atomic mass is 16.6. The lowest BCUT2D eigenvalue weighted by Gasteiger charge is -2.27. The van der Waals surface area contributed by atoms with Gasteiger partial charge in [0.1, 0.15) is 5.60 Å². The highest BCUT2D eigenvalue weighted by Gasteiger charge is 2.30. The van der Waals surface area contributed by atoms with Crippen molar-refractivity contribution in [1.29, 1.82) is 0 Å². The summed E-state index contributed by atoms with van der Waals surface area (Å²) < 4.78 is 5.30. The number of ether oxygens (including phenoxy) is 1. The van der Waals surface area contributed by atoms with Crippen LogP contribution in [0.2, 0.25) is 0 Å². The van der Waals surface area contributed by atoms with E-state index in [1.165, 1.54) is 4.90 Å². The lowest BCUT2D eigenvalue weighted by atomic mass is 10.2. The zero-order chi connectivity index (χ0) is 11.6. The summed E-state index contributed by atoms with van der Waals surface area (Å²) in [6.45, 7) is 7.58. The van der Waals surface area contributed by atoms with Gasteiger partial charge in [-0.25, -0.2) is 4.79 Å². The van der Waals surface area contributed by atoms with Crippen LogP contribution in [0.5, 0.6) is 0 Å². The van der Waals surface area contributed by atoms with Crippen LogP contribution in [0.4, 0.5) is 4.79 Å². The number of likely N-dealkylation sites (N-methyl/N-ethyl adjacent to an activating group) is 1. The lowest BCUT2D eigenvalue weighted by molar-refractivity contribution is -0.840. The van der Waals surface area contributed by atoms with E-state index in [2.05, 4.69) is 7.05 Å². The van der Waals surface area contributed by atoms with Gasteiger partial charge < -0.3 is 14.5 Å². The van der Waals surface area contributed by atoms with Crippen molar-refractivity contribution < 1.29 is 14.4 Å². The van der Waals surface area contributed by atoms with E-state index in [0.29, 0.717) is 0 Å². The first-order chi connectivity index (χ1) is 6.79. The summed E-state index contributed by atoms with van der Waals surface area (Å²) in [6.07, 6.45) is 0.774. The molecular formula is C11H22N2O2. The fraction of sp³-hybridized carbons (Fsp3) is 0.818. The van der Waals surface area contributed by atoms with E-state index in [0.717, 1.165) is 19.5 Å². The van der Waals surface area contributed by atoms with E-state index < -0.39 is 5.60 Å². The van der Waals surface area contributed by atoms with Crippen molar-refractivity contribution in [2.45, 2.75) is 38.8 Å². The molecule has 2 atom stereocenters. The number of quaternary nitrogens is 1. The van der Waals surface area contributed by atoms with E-state index in [-0.39, 0.29) is 12.1 Å². The molecule has 1 aliphatic rings. The summed E-state index contributed by atoms with van der Waals surface area (Å²) >= 11 is 0. The van der Waals surface area contributed by atoms with Crippen LogP contribution in [0.15, 0.2) is 0 Å². The largest absolute Gasteiger partial charge is 0.466 e. The molecule has 0 radical (unpaired) electrons. The third kappa shape index (κ3) is 3.70. The predicted octanol–water partition coefficient (Wildman–Crippen LogP) is 0.302. The molecule has 1 heterocycles. The van der Waals surface area contributed by atoms with Gasteiger partial charge in [0.25, 0.3) is 0 Å². The van der Waals surface area contributed by atoms with Gasteiger partial charge in [0, 0.05) is 13.5 Å². The molecule has 4 nitrogen and oxygen atoms in total. The second-order valence-corrected chi connectivity index (χ2v) is 5.24. The highest BCUT2D eigenvalue weighted by Crippen LogP contribution is 2.12. The maximum Gasteiger partial charge on any atom is 0.410 e. The third-order valence-electron chi connectivity index (χ3n) is 2.58. The molecule has 0 spiro atoms. The number of carbonyl (C=O) groups is 1. The SMILES string of the molecule is [CH2-][NH+]1CC[C@@H](N(C)C(=O)OC(C)(C)C)C1. The normalized spacial score (nSPS) is 26.5. The minimum atomic E-state index is -0.416. The van der Waals surface area contributed by atoms with Crippen molar-refractivity contribution in [2.75, 3.05) is 20.1 Å². The third-order valence-corrected chi connectivity index (χ3v) is 2.58. The number of hydrogen-bond acceptors (Lipinski definition) is 2. The molecule has 1 rings (SSSR count). The molecule has 1 N–H and O–H groups in total. The fourth-order valence-corrected chi connectivity index (χ4v) is 1.72. The molecule has 15 heavy (non-hydrogen) atoms. The average Bonchev–Trinajstić information content (AvgIpc) is 2.47.